The summed E-state index contributed by atoms with van der Waals surface area (Å²) < 4.78 is 11.8. The number of nitrogens with zero attached hydrogens (tertiary/aromatic N) is 3. The molecule has 0 aromatic heterocycles. The van der Waals surface area contributed by atoms with Crippen LogP contribution in [0.3, 0.4) is 0 Å². The maximum atomic E-state index is 13.8. The Morgan fingerprint density at radius 2 is 1.67 bits per heavy atom. The quantitative estimate of drug-likeness (QED) is 0.506. The molecule has 3 fully saturated rings. The van der Waals surface area contributed by atoms with Crippen molar-refractivity contribution in [3.05, 3.63) is 23.8 Å². The van der Waals surface area contributed by atoms with Gasteiger partial charge in [0.15, 0.2) is 11.5 Å². The minimum Gasteiger partial charge on any atom is -0.493 e. The number of amides is 1. The van der Waals surface area contributed by atoms with Crippen molar-refractivity contribution in [2.45, 2.75) is 82.3 Å². The van der Waals surface area contributed by atoms with E-state index in [0.29, 0.717) is 30.3 Å². The number of benzene rings is 1. The zero-order chi connectivity index (χ0) is 25.0. The first-order chi connectivity index (χ1) is 17.6. The predicted octanol–water partition coefficient (Wildman–Crippen LogP) is 3.95. The summed E-state index contributed by atoms with van der Waals surface area (Å²) in [6, 6.07) is 5.68. The predicted molar refractivity (Wildman–Crippen MR) is 137 cm³/mol. The molecule has 2 saturated heterocycles. The van der Waals surface area contributed by atoms with E-state index < -0.39 is 5.60 Å². The Kier molecular flexibility index (Phi) is 7.79. The number of carbonyl (C=O) groups is 2. The van der Waals surface area contributed by atoms with Crippen LogP contribution in [0.2, 0.25) is 0 Å². The Labute approximate surface area is 213 Å². The van der Waals surface area contributed by atoms with Gasteiger partial charge in [0.05, 0.1) is 31.9 Å². The minimum absolute atomic E-state index is 0.143. The van der Waals surface area contributed by atoms with Crippen LogP contribution in [-0.2, 0) is 14.4 Å². The highest BCUT2D eigenvalue weighted by molar-refractivity contribution is 6.17. The molecule has 3 aliphatic heterocycles. The average Bonchev–Trinajstić information content (AvgIpc) is 3.60. The fraction of sp³-hybridized carbons (Fsp3) is 0.679. The first kappa shape index (κ1) is 25.1. The van der Waals surface area contributed by atoms with E-state index in [-0.39, 0.29) is 30.8 Å². The van der Waals surface area contributed by atoms with Crippen molar-refractivity contribution in [2.75, 3.05) is 39.8 Å². The molecule has 5 rings (SSSR count). The lowest BCUT2D eigenvalue weighted by Gasteiger charge is -2.35. The summed E-state index contributed by atoms with van der Waals surface area (Å²) in [6.07, 6.45) is 11.1. The number of ether oxygens (including phenoxy) is 2. The molecule has 8 nitrogen and oxygen atoms in total. The van der Waals surface area contributed by atoms with Gasteiger partial charge in [-0.25, -0.2) is 0 Å². The smallest absolute Gasteiger partial charge is 0.279 e. The van der Waals surface area contributed by atoms with Crippen LogP contribution in [0.5, 0.6) is 11.5 Å². The second-order valence-corrected chi connectivity index (χ2v) is 10.6. The maximum absolute atomic E-state index is 13.8. The Morgan fingerprint density at radius 3 is 2.36 bits per heavy atom. The molecule has 36 heavy (non-hydrogen) atoms. The number of piperidine rings is 2. The van der Waals surface area contributed by atoms with Gasteiger partial charge >= 0.3 is 0 Å². The van der Waals surface area contributed by atoms with Crippen molar-refractivity contribution < 1.29 is 23.9 Å². The molecule has 0 spiro atoms. The molecule has 196 valence electrons. The lowest BCUT2D eigenvalue weighted by Crippen LogP contribution is -2.58. The topological polar surface area (TPSA) is 80.7 Å². The van der Waals surface area contributed by atoms with Gasteiger partial charge in [0.2, 0.25) is 5.78 Å². The third-order valence-electron chi connectivity index (χ3n) is 8.08. The molecule has 1 amide bonds. The Hall–Kier alpha value is -2.61. The number of likely N-dealkylation sites (tertiary alicyclic amines) is 2. The molecule has 1 aliphatic carbocycles. The molecule has 0 radical (unpaired) electrons. The van der Waals surface area contributed by atoms with E-state index in [2.05, 4.69) is 10.1 Å². The van der Waals surface area contributed by atoms with E-state index in [9.17, 15) is 9.59 Å². The van der Waals surface area contributed by atoms with Gasteiger partial charge in [0.25, 0.3) is 11.5 Å². The summed E-state index contributed by atoms with van der Waals surface area (Å²) in [5, 5.41) is 4.35. The van der Waals surface area contributed by atoms with E-state index in [1.54, 1.807) is 12.0 Å². The summed E-state index contributed by atoms with van der Waals surface area (Å²) in [5.74, 6) is 0.916. The zero-order valence-electron chi connectivity index (χ0n) is 21.5. The normalized spacial score (nSPS) is 25.4. The summed E-state index contributed by atoms with van der Waals surface area (Å²) in [5.41, 5.74) is -0.189. The summed E-state index contributed by atoms with van der Waals surface area (Å²) in [6.45, 7) is 3.32. The van der Waals surface area contributed by atoms with Gasteiger partial charge in [0.1, 0.15) is 0 Å². The molecule has 1 aromatic carbocycles. The van der Waals surface area contributed by atoms with Crippen LogP contribution < -0.4 is 9.47 Å². The van der Waals surface area contributed by atoms with Gasteiger partial charge in [-0.05, 0) is 89.1 Å². The third kappa shape index (κ3) is 5.24. The van der Waals surface area contributed by atoms with E-state index >= 15 is 0 Å². The summed E-state index contributed by atoms with van der Waals surface area (Å²) in [7, 11) is 1.63. The van der Waals surface area contributed by atoms with Crippen LogP contribution in [0, 0.1) is 0 Å². The summed E-state index contributed by atoms with van der Waals surface area (Å²) in [4.78, 5) is 37.4. The van der Waals surface area contributed by atoms with Crippen molar-refractivity contribution in [3.8, 4) is 11.5 Å². The van der Waals surface area contributed by atoms with Crippen molar-refractivity contribution in [1.29, 1.82) is 0 Å². The van der Waals surface area contributed by atoms with Crippen molar-refractivity contribution in [1.82, 2.24) is 9.80 Å². The van der Waals surface area contributed by atoms with E-state index in [0.717, 1.165) is 63.6 Å². The Morgan fingerprint density at radius 1 is 0.972 bits per heavy atom. The lowest BCUT2D eigenvalue weighted by molar-refractivity contribution is -0.165. The molecule has 1 unspecified atom stereocenters. The molecular weight excluding hydrogens is 458 g/mol. The number of ketones is 1. The highest BCUT2D eigenvalue weighted by Crippen LogP contribution is 2.36. The lowest BCUT2D eigenvalue weighted by atomic mass is 9.87. The zero-order valence-corrected chi connectivity index (χ0v) is 21.5. The van der Waals surface area contributed by atoms with Gasteiger partial charge in [-0.1, -0.05) is 11.6 Å². The molecule has 1 atom stereocenters. The highest BCUT2D eigenvalue weighted by Gasteiger charge is 2.55. The largest absolute Gasteiger partial charge is 0.493 e. The van der Waals surface area contributed by atoms with E-state index in [4.69, 9.17) is 14.3 Å². The number of Topliss-reactive ketones (excluding diaryl/α,β-unsaturated/α-hetero) is 1. The number of carbonyl (C=O) groups excluding carboxylic acids is 2. The van der Waals surface area contributed by atoms with Crippen LogP contribution in [-0.4, -0.2) is 78.7 Å². The maximum Gasteiger partial charge on any atom is 0.279 e. The molecule has 0 bridgehead atoms. The van der Waals surface area contributed by atoms with Crippen molar-refractivity contribution in [2.24, 2.45) is 5.16 Å². The number of rotatable bonds is 8. The molecule has 1 saturated carbocycles. The average molecular weight is 498 g/mol. The van der Waals surface area contributed by atoms with E-state index in [1.807, 2.05) is 18.2 Å². The number of methoxy groups -OCH3 is 1. The van der Waals surface area contributed by atoms with Crippen molar-refractivity contribution >= 4 is 17.4 Å². The van der Waals surface area contributed by atoms with Crippen LogP contribution in [0.15, 0.2) is 23.4 Å². The molecule has 8 heteroatoms. The molecule has 4 aliphatic rings. The standard InChI is InChI=1S/C28H39N3O5/c1-34-24-13-12-21(18-25(24)35-22-10-4-5-11-22)23-19-28(36-29-23,27(33)31-16-8-3-9-17-31)26(32)20-30-14-6-2-7-15-30/h12-13,18,22H,2-11,14-17,19-20H2,1H3. The van der Waals surface area contributed by atoms with E-state index in [1.165, 1.54) is 19.3 Å². The summed E-state index contributed by atoms with van der Waals surface area (Å²) >= 11 is 0. The third-order valence-corrected chi connectivity index (χ3v) is 8.08. The van der Waals surface area contributed by atoms with Crippen LogP contribution in [0.4, 0.5) is 0 Å². The van der Waals surface area contributed by atoms with Crippen LogP contribution in [0.25, 0.3) is 0 Å². The fourth-order valence-corrected chi connectivity index (χ4v) is 5.91. The van der Waals surface area contributed by atoms with Crippen LogP contribution in [0.1, 0.15) is 76.2 Å². The fourth-order valence-electron chi connectivity index (χ4n) is 5.91. The highest BCUT2D eigenvalue weighted by atomic mass is 16.7. The molecule has 3 heterocycles. The Balaban J connectivity index is 1.38. The molecule has 1 aromatic rings. The van der Waals surface area contributed by atoms with Gasteiger partial charge in [0, 0.05) is 18.7 Å². The Bertz CT molecular complexity index is 977. The first-order valence-electron chi connectivity index (χ1n) is 13.7. The number of hydrogen-bond acceptors (Lipinski definition) is 7. The molecular formula is C28H39N3O5. The second kappa shape index (κ2) is 11.2. The second-order valence-electron chi connectivity index (χ2n) is 10.6. The number of hydrogen-bond donors (Lipinski definition) is 0. The monoisotopic (exact) mass is 497 g/mol. The van der Waals surface area contributed by atoms with Gasteiger partial charge in [-0.15, -0.1) is 0 Å². The molecule has 0 N–H and O–H groups in total. The SMILES string of the molecule is COc1ccc(C2=NOC(C(=O)CN3CCCCC3)(C(=O)N3CCCCC3)C2)cc1OC1CCCC1. The van der Waals surface area contributed by atoms with Gasteiger partial charge < -0.3 is 19.2 Å². The first-order valence-corrected chi connectivity index (χ1v) is 13.7. The minimum atomic E-state index is -1.59. The number of oxime groups is 1. The van der Waals surface area contributed by atoms with Gasteiger partial charge in [-0.2, -0.15) is 0 Å². The van der Waals surface area contributed by atoms with Crippen LogP contribution >= 0.6 is 0 Å². The van der Waals surface area contributed by atoms with Gasteiger partial charge in [-0.3, -0.25) is 14.5 Å². The van der Waals surface area contributed by atoms with Crippen molar-refractivity contribution in [3.63, 3.8) is 0 Å².